The second kappa shape index (κ2) is 9.49. The van der Waals surface area contributed by atoms with Crippen LogP contribution in [0.2, 0.25) is 5.15 Å². The molecular weight excluding hydrogens is 556 g/mol. The topological polar surface area (TPSA) is 110 Å². The summed E-state index contributed by atoms with van der Waals surface area (Å²) < 4.78 is 32.0. The Morgan fingerprint density at radius 1 is 1.26 bits per heavy atom. The first-order chi connectivity index (χ1) is 16.8. The van der Waals surface area contributed by atoms with Gasteiger partial charge in [-0.3, -0.25) is 9.67 Å². The van der Waals surface area contributed by atoms with Gasteiger partial charge >= 0.3 is 0 Å². The van der Waals surface area contributed by atoms with E-state index in [1.54, 1.807) is 30.9 Å². The van der Waals surface area contributed by atoms with E-state index in [-0.39, 0.29) is 16.0 Å². The third-order valence-electron chi connectivity index (χ3n) is 6.22. The standard InChI is InChI=1S/C22H24BrClN8O2S/c1-14-20(21(24)30(2)29-14)35(33,34)31-8-5-16(6-9-31)18-10-19(26-12-15-4-3-7-25-11-15)32-22(28-18)17(23)13-27-32/h3-4,7,10-11,13,16,26H,5-6,8-9,12H2,1-2H3. The number of hydrogen-bond acceptors (Lipinski definition) is 7. The van der Waals surface area contributed by atoms with E-state index in [1.807, 2.05) is 24.4 Å². The molecule has 0 saturated carbocycles. The molecule has 1 fully saturated rings. The molecule has 0 radical (unpaired) electrons. The number of rotatable bonds is 6. The molecule has 0 unspecified atom stereocenters. The Morgan fingerprint density at radius 2 is 2.03 bits per heavy atom. The maximum Gasteiger partial charge on any atom is 0.248 e. The molecule has 0 bridgehead atoms. The van der Waals surface area contributed by atoms with Crippen LogP contribution in [0.1, 0.15) is 35.7 Å². The first kappa shape index (κ1) is 24.2. The Kier molecular flexibility index (Phi) is 6.55. The van der Waals surface area contributed by atoms with Gasteiger partial charge in [-0.15, -0.1) is 0 Å². The quantitative estimate of drug-likeness (QED) is 0.370. The van der Waals surface area contributed by atoms with Crippen molar-refractivity contribution in [2.45, 2.75) is 37.1 Å². The van der Waals surface area contributed by atoms with Crippen LogP contribution in [0.15, 0.2) is 46.2 Å². The minimum atomic E-state index is -3.73. The van der Waals surface area contributed by atoms with Crippen LogP contribution >= 0.6 is 27.5 Å². The van der Waals surface area contributed by atoms with E-state index in [2.05, 4.69) is 36.4 Å². The number of aryl methyl sites for hydroxylation is 2. The van der Waals surface area contributed by atoms with Gasteiger partial charge in [-0.05, 0) is 47.3 Å². The van der Waals surface area contributed by atoms with Crippen molar-refractivity contribution >= 4 is 49.0 Å². The second-order valence-electron chi connectivity index (χ2n) is 8.52. The summed E-state index contributed by atoms with van der Waals surface area (Å²) >= 11 is 9.80. The molecule has 4 aromatic heterocycles. The van der Waals surface area contributed by atoms with Crippen LogP contribution in [0.4, 0.5) is 5.82 Å². The average molecular weight is 580 g/mol. The molecule has 1 N–H and O–H groups in total. The molecule has 10 nitrogen and oxygen atoms in total. The van der Waals surface area contributed by atoms with Gasteiger partial charge in [0.15, 0.2) is 5.65 Å². The van der Waals surface area contributed by atoms with E-state index in [0.717, 1.165) is 21.5 Å². The second-order valence-corrected chi connectivity index (χ2v) is 11.6. The Hall–Kier alpha value is -2.54. The minimum absolute atomic E-state index is 0.0877. The molecule has 5 rings (SSSR count). The van der Waals surface area contributed by atoms with Crippen LogP contribution < -0.4 is 5.32 Å². The van der Waals surface area contributed by atoms with Gasteiger partial charge < -0.3 is 5.32 Å². The molecule has 1 saturated heterocycles. The Morgan fingerprint density at radius 3 is 2.69 bits per heavy atom. The molecule has 0 atom stereocenters. The fourth-order valence-electron chi connectivity index (χ4n) is 4.41. The molecule has 5 heterocycles. The number of piperidine rings is 1. The molecular formula is C22H24BrClN8O2S. The van der Waals surface area contributed by atoms with Crippen LogP contribution in [-0.4, -0.2) is 55.2 Å². The fraction of sp³-hybridized carbons (Fsp3) is 0.364. The van der Waals surface area contributed by atoms with E-state index in [9.17, 15) is 8.42 Å². The van der Waals surface area contributed by atoms with Gasteiger partial charge in [0.05, 0.1) is 16.4 Å². The Balaban J connectivity index is 1.37. The van der Waals surface area contributed by atoms with Crippen LogP contribution in [0.3, 0.4) is 0 Å². The highest BCUT2D eigenvalue weighted by Gasteiger charge is 2.35. The van der Waals surface area contributed by atoms with E-state index >= 15 is 0 Å². The van der Waals surface area contributed by atoms with Gasteiger partial charge in [0.25, 0.3) is 0 Å². The lowest BCUT2D eigenvalue weighted by atomic mass is 9.94. The molecule has 184 valence electrons. The van der Waals surface area contributed by atoms with E-state index < -0.39 is 10.0 Å². The van der Waals surface area contributed by atoms with Crippen molar-refractivity contribution in [2.24, 2.45) is 7.05 Å². The van der Waals surface area contributed by atoms with Gasteiger partial charge in [-0.1, -0.05) is 17.7 Å². The van der Waals surface area contributed by atoms with Crippen molar-refractivity contribution in [1.82, 2.24) is 33.7 Å². The SMILES string of the molecule is Cc1nn(C)c(Cl)c1S(=O)(=O)N1CCC(c2cc(NCc3cccnc3)n3ncc(Br)c3n2)CC1. The van der Waals surface area contributed by atoms with E-state index in [1.165, 1.54) is 8.99 Å². The number of anilines is 1. The largest absolute Gasteiger partial charge is 0.366 e. The average Bonchev–Trinajstić information content (AvgIpc) is 3.36. The van der Waals surface area contributed by atoms with Gasteiger partial charge in [-0.2, -0.15) is 19.0 Å². The Bertz CT molecular complexity index is 1480. The number of aromatic nitrogens is 6. The highest BCUT2D eigenvalue weighted by Crippen LogP contribution is 2.34. The third-order valence-corrected chi connectivity index (χ3v) is 9.37. The summed E-state index contributed by atoms with van der Waals surface area (Å²) in [7, 11) is -2.09. The summed E-state index contributed by atoms with van der Waals surface area (Å²) in [5.41, 5.74) is 3.07. The highest BCUT2D eigenvalue weighted by atomic mass is 79.9. The van der Waals surface area contributed by atoms with E-state index in [0.29, 0.717) is 43.8 Å². The molecule has 1 aliphatic heterocycles. The van der Waals surface area contributed by atoms with Gasteiger partial charge in [-0.25, -0.2) is 13.4 Å². The van der Waals surface area contributed by atoms with Crippen LogP contribution in [0, 0.1) is 6.92 Å². The minimum Gasteiger partial charge on any atom is -0.366 e. The molecule has 1 aliphatic rings. The third kappa shape index (κ3) is 4.55. The summed E-state index contributed by atoms with van der Waals surface area (Å²) in [6.45, 7) is 3.01. The summed E-state index contributed by atoms with van der Waals surface area (Å²) in [5.74, 6) is 0.921. The molecule has 0 amide bonds. The first-order valence-electron chi connectivity index (χ1n) is 11.1. The van der Waals surface area contributed by atoms with Crippen LogP contribution in [0.5, 0.6) is 0 Å². The van der Waals surface area contributed by atoms with Crippen molar-refractivity contribution in [3.8, 4) is 0 Å². The smallest absolute Gasteiger partial charge is 0.248 e. The van der Waals surface area contributed by atoms with E-state index in [4.69, 9.17) is 16.6 Å². The molecule has 0 aromatic carbocycles. The molecule has 4 aromatic rings. The normalized spacial score (nSPS) is 15.7. The van der Waals surface area contributed by atoms with Gasteiger partial charge in [0, 0.05) is 56.8 Å². The van der Waals surface area contributed by atoms with Gasteiger partial charge in [0.1, 0.15) is 15.9 Å². The number of hydrogen-bond donors (Lipinski definition) is 1. The van der Waals surface area contributed by atoms with Crippen molar-refractivity contribution in [1.29, 1.82) is 0 Å². The molecule has 35 heavy (non-hydrogen) atoms. The lowest BCUT2D eigenvalue weighted by Crippen LogP contribution is -2.38. The number of nitrogens with one attached hydrogen (secondary N) is 1. The molecule has 13 heteroatoms. The van der Waals surface area contributed by atoms with Crippen molar-refractivity contribution in [2.75, 3.05) is 18.4 Å². The maximum absolute atomic E-state index is 13.3. The first-order valence-corrected chi connectivity index (χ1v) is 13.7. The fourth-order valence-corrected chi connectivity index (χ4v) is 6.93. The predicted molar refractivity (Wildman–Crippen MR) is 136 cm³/mol. The lowest BCUT2D eigenvalue weighted by Gasteiger charge is -2.31. The monoisotopic (exact) mass is 578 g/mol. The zero-order valence-corrected chi connectivity index (χ0v) is 22.3. The summed E-state index contributed by atoms with van der Waals surface area (Å²) in [5, 5.41) is 12.2. The Labute approximate surface area is 216 Å². The molecule has 0 aliphatic carbocycles. The predicted octanol–water partition coefficient (Wildman–Crippen LogP) is 3.76. The summed E-state index contributed by atoms with van der Waals surface area (Å²) in [4.78, 5) is 9.10. The van der Waals surface area contributed by atoms with Crippen molar-refractivity contribution in [3.63, 3.8) is 0 Å². The zero-order chi connectivity index (χ0) is 24.7. The highest BCUT2D eigenvalue weighted by molar-refractivity contribution is 9.10. The van der Waals surface area contributed by atoms with Gasteiger partial charge in [0.2, 0.25) is 10.0 Å². The lowest BCUT2D eigenvalue weighted by molar-refractivity contribution is 0.316. The number of halogens is 2. The van der Waals surface area contributed by atoms with Crippen LogP contribution in [-0.2, 0) is 23.6 Å². The number of nitrogens with zero attached hydrogens (tertiary/aromatic N) is 7. The number of fused-ring (bicyclic) bond motifs is 1. The maximum atomic E-state index is 13.3. The molecule has 0 spiro atoms. The number of pyridine rings is 1. The zero-order valence-electron chi connectivity index (χ0n) is 19.2. The van der Waals surface area contributed by atoms with Crippen LogP contribution in [0.25, 0.3) is 5.65 Å². The van der Waals surface area contributed by atoms with Crippen molar-refractivity contribution < 1.29 is 8.42 Å². The number of sulfonamides is 1. The summed E-state index contributed by atoms with van der Waals surface area (Å²) in [6.07, 6.45) is 6.57. The van der Waals surface area contributed by atoms with Crippen molar-refractivity contribution in [3.05, 3.63) is 63.4 Å². The summed E-state index contributed by atoms with van der Waals surface area (Å²) in [6, 6.07) is 5.90.